The second-order valence-corrected chi connectivity index (χ2v) is 5.99. The van der Waals surface area contributed by atoms with Crippen molar-refractivity contribution in [3.63, 3.8) is 0 Å². The van der Waals surface area contributed by atoms with Crippen LogP contribution in [0.5, 0.6) is 0 Å². The normalized spacial score (nSPS) is 33.4. The minimum Gasteiger partial charge on any atom is -0.381 e. The summed E-state index contributed by atoms with van der Waals surface area (Å²) in [5, 5.41) is 12.7. The Morgan fingerprint density at radius 3 is 2.68 bits per heavy atom. The lowest BCUT2D eigenvalue weighted by atomic mass is 9.86. The Morgan fingerprint density at radius 2 is 2.11 bits per heavy atom. The number of hydrogen-bond donors (Lipinski definition) is 1. The fourth-order valence-corrected chi connectivity index (χ4v) is 3.71. The van der Waals surface area contributed by atoms with Gasteiger partial charge in [0.05, 0.1) is 12.2 Å². The minimum atomic E-state index is -0.259. The van der Waals surface area contributed by atoms with E-state index >= 15 is 0 Å². The van der Waals surface area contributed by atoms with Gasteiger partial charge < -0.3 is 15.0 Å². The summed E-state index contributed by atoms with van der Waals surface area (Å²) in [7, 11) is 3.75. The van der Waals surface area contributed by atoms with Gasteiger partial charge in [0.2, 0.25) is 0 Å². The Bertz CT molecular complexity index is 320. The highest BCUT2D eigenvalue weighted by Crippen LogP contribution is 2.37. The lowest BCUT2D eigenvalue weighted by Gasteiger charge is -2.34. The summed E-state index contributed by atoms with van der Waals surface area (Å²) >= 11 is 0. The van der Waals surface area contributed by atoms with Crippen LogP contribution >= 0.6 is 0 Å². The highest BCUT2D eigenvalue weighted by molar-refractivity contribution is 5.13. The molecule has 2 aliphatic rings. The highest BCUT2D eigenvalue weighted by Gasteiger charge is 2.41. The van der Waals surface area contributed by atoms with E-state index in [-0.39, 0.29) is 5.54 Å². The van der Waals surface area contributed by atoms with Crippen LogP contribution in [0.2, 0.25) is 0 Å². The van der Waals surface area contributed by atoms with Crippen LogP contribution in [0.15, 0.2) is 0 Å². The molecule has 1 saturated carbocycles. The van der Waals surface area contributed by atoms with E-state index in [1.165, 1.54) is 12.8 Å². The van der Waals surface area contributed by atoms with Gasteiger partial charge in [-0.3, -0.25) is 0 Å². The number of nitriles is 1. The molecule has 4 heteroatoms. The SMILES string of the molecule is CNC1(C#N)CCCC1CCN1CCC(OC)CC1. The van der Waals surface area contributed by atoms with Crippen molar-refractivity contribution in [2.75, 3.05) is 33.8 Å². The molecular weight excluding hydrogens is 238 g/mol. The smallest absolute Gasteiger partial charge is 0.109 e. The first kappa shape index (κ1) is 14.8. The Labute approximate surface area is 117 Å². The average molecular weight is 265 g/mol. The number of piperidine rings is 1. The van der Waals surface area contributed by atoms with Crippen LogP contribution in [0, 0.1) is 17.2 Å². The van der Waals surface area contributed by atoms with E-state index in [9.17, 15) is 5.26 Å². The van der Waals surface area contributed by atoms with Crippen molar-refractivity contribution in [3.05, 3.63) is 0 Å². The molecule has 1 aliphatic heterocycles. The van der Waals surface area contributed by atoms with Crippen molar-refractivity contribution in [3.8, 4) is 6.07 Å². The lowest BCUT2D eigenvalue weighted by Crippen LogP contribution is -2.46. The van der Waals surface area contributed by atoms with E-state index in [2.05, 4.69) is 16.3 Å². The quantitative estimate of drug-likeness (QED) is 0.823. The highest BCUT2D eigenvalue weighted by atomic mass is 16.5. The van der Waals surface area contributed by atoms with Crippen LogP contribution in [-0.4, -0.2) is 50.3 Å². The summed E-state index contributed by atoms with van der Waals surface area (Å²) in [6.07, 6.45) is 7.29. The minimum absolute atomic E-state index is 0.259. The lowest BCUT2D eigenvalue weighted by molar-refractivity contribution is 0.0389. The fourth-order valence-electron chi connectivity index (χ4n) is 3.71. The standard InChI is InChI=1S/C15H27N3O/c1-17-15(12-16)8-3-4-13(15)5-9-18-10-6-14(19-2)7-11-18/h13-14,17H,3-11H2,1-2H3. The molecule has 2 rings (SSSR count). The first-order valence-electron chi connectivity index (χ1n) is 7.59. The van der Waals surface area contributed by atoms with Gasteiger partial charge in [-0.15, -0.1) is 0 Å². The molecule has 1 N–H and O–H groups in total. The van der Waals surface area contributed by atoms with Crippen LogP contribution in [0.4, 0.5) is 0 Å². The third-order valence-electron chi connectivity index (χ3n) is 5.13. The summed E-state index contributed by atoms with van der Waals surface area (Å²) in [5.41, 5.74) is -0.259. The van der Waals surface area contributed by atoms with Crippen molar-refractivity contribution in [1.29, 1.82) is 5.26 Å². The van der Waals surface area contributed by atoms with E-state index < -0.39 is 0 Å². The van der Waals surface area contributed by atoms with Crippen LogP contribution in [0.1, 0.15) is 38.5 Å². The van der Waals surface area contributed by atoms with Gasteiger partial charge in [0.1, 0.15) is 5.54 Å². The largest absolute Gasteiger partial charge is 0.381 e. The van der Waals surface area contributed by atoms with Gasteiger partial charge in [-0.1, -0.05) is 6.42 Å². The summed E-state index contributed by atoms with van der Waals surface area (Å²) < 4.78 is 5.41. The number of nitrogens with zero attached hydrogens (tertiary/aromatic N) is 2. The predicted octanol–water partition coefficient (Wildman–Crippen LogP) is 1.77. The Morgan fingerprint density at radius 1 is 1.37 bits per heavy atom. The topological polar surface area (TPSA) is 48.3 Å². The van der Waals surface area contributed by atoms with Crippen LogP contribution in [-0.2, 0) is 4.74 Å². The van der Waals surface area contributed by atoms with Crippen molar-refractivity contribution in [2.45, 2.75) is 50.2 Å². The number of rotatable bonds is 5. The molecule has 2 unspecified atom stereocenters. The molecular formula is C15H27N3O. The van der Waals surface area contributed by atoms with E-state index in [0.717, 1.165) is 45.3 Å². The van der Waals surface area contributed by atoms with Crippen molar-refractivity contribution in [2.24, 2.45) is 5.92 Å². The maximum absolute atomic E-state index is 9.45. The summed E-state index contributed by atoms with van der Waals surface area (Å²) in [4.78, 5) is 2.53. The van der Waals surface area contributed by atoms with E-state index in [4.69, 9.17) is 4.74 Å². The molecule has 2 atom stereocenters. The molecule has 2 fully saturated rings. The molecule has 1 heterocycles. The van der Waals surface area contributed by atoms with Gasteiger partial charge in [-0.05, 0) is 51.6 Å². The molecule has 0 amide bonds. The van der Waals surface area contributed by atoms with E-state index in [1.807, 2.05) is 14.2 Å². The summed E-state index contributed by atoms with van der Waals surface area (Å²) in [5.74, 6) is 0.516. The van der Waals surface area contributed by atoms with Crippen molar-refractivity contribution >= 4 is 0 Å². The van der Waals surface area contributed by atoms with Crippen LogP contribution in [0.3, 0.4) is 0 Å². The molecule has 0 aromatic rings. The average Bonchev–Trinajstić information content (AvgIpc) is 2.89. The van der Waals surface area contributed by atoms with Gasteiger partial charge in [-0.25, -0.2) is 0 Å². The Kier molecular flexibility index (Phi) is 5.20. The molecule has 0 aromatic carbocycles. The molecule has 1 saturated heterocycles. The van der Waals surface area contributed by atoms with E-state index in [1.54, 1.807) is 0 Å². The zero-order valence-corrected chi connectivity index (χ0v) is 12.3. The summed E-state index contributed by atoms with van der Waals surface area (Å²) in [6, 6.07) is 2.53. The van der Waals surface area contributed by atoms with Crippen LogP contribution in [0.25, 0.3) is 0 Å². The van der Waals surface area contributed by atoms with Gasteiger partial charge >= 0.3 is 0 Å². The molecule has 0 bridgehead atoms. The van der Waals surface area contributed by atoms with Gasteiger partial charge in [-0.2, -0.15) is 5.26 Å². The summed E-state index contributed by atoms with van der Waals surface area (Å²) in [6.45, 7) is 3.42. The van der Waals surface area contributed by atoms with Crippen LogP contribution < -0.4 is 5.32 Å². The van der Waals surface area contributed by atoms with Gasteiger partial charge in [0.25, 0.3) is 0 Å². The first-order chi connectivity index (χ1) is 9.24. The van der Waals surface area contributed by atoms with Gasteiger partial charge in [0, 0.05) is 20.2 Å². The number of hydrogen-bond acceptors (Lipinski definition) is 4. The second kappa shape index (κ2) is 6.69. The predicted molar refractivity (Wildman–Crippen MR) is 75.8 cm³/mol. The van der Waals surface area contributed by atoms with Crippen molar-refractivity contribution in [1.82, 2.24) is 10.2 Å². The first-order valence-corrected chi connectivity index (χ1v) is 7.59. The molecule has 19 heavy (non-hydrogen) atoms. The molecule has 0 aromatic heterocycles. The van der Waals surface area contributed by atoms with E-state index in [0.29, 0.717) is 12.0 Å². The zero-order chi connectivity index (χ0) is 13.7. The van der Waals surface area contributed by atoms with Crippen molar-refractivity contribution < 1.29 is 4.74 Å². The Hall–Kier alpha value is -0.630. The number of methoxy groups -OCH3 is 1. The molecule has 1 aliphatic carbocycles. The molecule has 0 spiro atoms. The molecule has 4 nitrogen and oxygen atoms in total. The third kappa shape index (κ3) is 3.28. The molecule has 108 valence electrons. The number of ether oxygens (including phenoxy) is 1. The molecule has 0 radical (unpaired) electrons. The monoisotopic (exact) mass is 265 g/mol. The fraction of sp³-hybridized carbons (Fsp3) is 0.933. The maximum Gasteiger partial charge on any atom is 0.109 e. The Balaban J connectivity index is 1.78. The second-order valence-electron chi connectivity index (χ2n) is 5.99. The zero-order valence-electron chi connectivity index (χ0n) is 12.3. The maximum atomic E-state index is 9.45. The number of likely N-dealkylation sites (tertiary alicyclic amines) is 1. The van der Waals surface area contributed by atoms with Gasteiger partial charge in [0.15, 0.2) is 0 Å². The third-order valence-corrected chi connectivity index (χ3v) is 5.13. The number of nitrogens with one attached hydrogen (secondary N) is 1.